The van der Waals surface area contributed by atoms with Crippen LogP contribution in [-0.2, 0) is 11.8 Å². The average molecular weight is 626 g/mol. The van der Waals surface area contributed by atoms with E-state index in [4.69, 9.17) is 0 Å². The van der Waals surface area contributed by atoms with E-state index in [1.807, 2.05) is 0 Å². The Bertz CT molecular complexity index is 2470. The predicted molar refractivity (Wildman–Crippen MR) is 204 cm³/mol. The lowest BCUT2D eigenvalue weighted by Gasteiger charge is -2.32. The van der Waals surface area contributed by atoms with E-state index >= 15 is 0 Å². The summed E-state index contributed by atoms with van der Waals surface area (Å²) in [5.41, 5.74) is 22.8. The largest absolute Gasteiger partial charge is 0.311 e. The zero-order chi connectivity index (χ0) is 32.3. The maximum Gasteiger partial charge on any atom is 0.0738 e. The summed E-state index contributed by atoms with van der Waals surface area (Å²) in [4.78, 5) is 2.51. The number of rotatable bonds is 4. The molecule has 1 heteroatoms. The monoisotopic (exact) mass is 625 g/mol. The number of benzene rings is 6. The molecule has 0 aliphatic heterocycles. The zero-order valence-corrected chi connectivity index (χ0v) is 27.6. The molecule has 0 saturated carbocycles. The quantitative estimate of drug-likeness (QED) is 0.188. The molecule has 1 nitrogen and oxygen atoms in total. The van der Waals surface area contributed by atoms with E-state index in [1.54, 1.807) is 0 Å². The zero-order valence-electron chi connectivity index (χ0n) is 27.6. The van der Waals surface area contributed by atoms with Gasteiger partial charge in [0.05, 0.1) is 5.41 Å². The summed E-state index contributed by atoms with van der Waals surface area (Å²) in [5, 5.41) is 0. The van der Waals surface area contributed by atoms with Gasteiger partial charge in [0, 0.05) is 17.1 Å². The molecule has 0 radical (unpaired) electrons. The molecular weight excluding hydrogens is 591 g/mol. The van der Waals surface area contributed by atoms with Crippen molar-refractivity contribution in [3.63, 3.8) is 0 Å². The molecule has 6 aromatic rings. The Kier molecular flexibility index (Phi) is 5.54. The van der Waals surface area contributed by atoms with E-state index in [1.165, 1.54) is 95.0 Å². The standard InChI is InChI=1S/C48H35N/c1-30-11-6-15-33(27-30)49(34-16-7-14-32(28-34)37-19-8-13-31-12-2-3-17-36(31)37)35-25-26-39-41-21-10-23-43-42-22-9-20-40-38-18-4-5-24-44(38)48(46(40)42,47(41)43)45(39)29-35/h2,4-10,12-16,18-30H,3,11,17H2,1H3. The van der Waals surface area contributed by atoms with Crippen LogP contribution in [0, 0.1) is 5.92 Å². The van der Waals surface area contributed by atoms with Gasteiger partial charge in [-0.2, -0.15) is 0 Å². The maximum absolute atomic E-state index is 2.53. The van der Waals surface area contributed by atoms with Crippen molar-refractivity contribution in [2.24, 2.45) is 5.92 Å². The first kappa shape index (κ1) is 27.3. The lowest BCUT2D eigenvalue weighted by molar-refractivity contribution is 0.726. The summed E-state index contributed by atoms with van der Waals surface area (Å²) >= 11 is 0. The number of nitrogens with zero attached hydrogens (tertiary/aromatic N) is 1. The second-order valence-electron chi connectivity index (χ2n) is 14.4. The van der Waals surface area contributed by atoms with Crippen molar-refractivity contribution in [2.45, 2.75) is 31.6 Å². The number of allylic oxidation sites excluding steroid dienone is 4. The fourth-order valence-corrected chi connectivity index (χ4v) is 9.86. The van der Waals surface area contributed by atoms with Gasteiger partial charge in [-0.25, -0.2) is 0 Å². The van der Waals surface area contributed by atoms with Crippen molar-refractivity contribution in [2.75, 3.05) is 4.90 Å². The normalized spacial score (nSPS) is 19.5. The molecule has 0 aromatic heterocycles. The molecule has 6 aromatic carbocycles. The van der Waals surface area contributed by atoms with Crippen molar-refractivity contribution < 1.29 is 0 Å². The Morgan fingerprint density at radius 3 is 2.06 bits per heavy atom. The Balaban J connectivity index is 1.15. The van der Waals surface area contributed by atoms with E-state index in [2.05, 4.69) is 164 Å². The molecule has 2 unspecified atom stereocenters. The molecular formula is C48H35N. The van der Waals surface area contributed by atoms with Crippen molar-refractivity contribution in [3.8, 4) is 44.5 Å². The number of fused-ring (bicyclic) bond motifs is 6. The van der Waals surface area contributed by atoms with Crippen molar-refractivity contribution in [1.29, 1.82) is 0 Å². The molecule has 5 aliphatic rings. The SMILES string of the molecule is CC1C=C(N(c2cccc(-c3cccc4c3CCC=C4)c2)c2ccc3c(c2)C24c5ccccc5-c5cccc(c52)-c2cccc-3c24)C=CC1. The van der Waals surface area contributed by atoms with Gasteiger partial charge in [0.2, 0.25) is 0 Å². The third-order valence-corrected chi connectivity index (χ3v) is 11.7. The minimum atomic E-state index is -0.298. The molecule has 0 fully saturated rings. The van der Waals surface area contributed by atoms with Gasteiger partial charge in [-0.3, -0.25) is 0 Å². The summed E-state index contributed by atoms with van der Waals surface area (Å²) < 4.78 is 0. The third-order valence-electron chi connectivity index (χ3n) is 11.7. The minimum absolute atomic E-state index is 0.298. The lowest BCUT2D eigenvalue weighted by atomic mass is 9.73. The maximum atomic E-state index is 2.53. The van der Waals surface area contributed by atoms with E-state index < -0.39 is 0 Å². The molecule has 0 bridgehead atoms. The highest BCUT2D eigenvalue weighted by Gasteiger charge is 2.57. The van der Waals surface area contributed by atoms with Gasteiger partial charge >= 0.3 is 0 Å². The molecule has 0 heterocycles. The smallest absolute Gasteiger partial charge is 0.0738 e. The van der Waals surface area contributed by atoms with Gasteiger partial charge in [0.1, 0.15) is 0 Å². The Morgan fingerprint density at radius 2 is 1.24 bits per heavy atom. The van der Waals surface area contributed by atoms with Crippen LogP contribution in [0.2, 0.25) is 0 Å². The highest BCUT2D eigenvalue weighted by molar-refractivity contribution is 6.06. The minimum Gasteiger partial charge on any atom is -0.311 e. The first-order valence-corrected chi connectivity index (χ1v) is 17.8. The molecule has 232 valence electrons. The highest BCUT2D eigenvalue weighted by atomic mass is 15.1. The summed E-state index contributed by atoms with van der Waals surface area (Å²) in [6, 6.07) is 46.3. The van der Waals surface area contributed by atoms with Crippen LogP contribution in [-0.4, -0.2) is 0 Å². The van der Waals surface area contributed by atoms with E-state index in [-0.39, 0.29) is 5.41 Å². The highest BCUT2D eigenvalue weighted by Crippen LogP contribution is 2.70. The van der Waals surface area contributed by atoms with Crippen LogP contribution in [0.25, 0.3) is 50.6 Å². The summed E-state index contributed by atoms with van der Waals surface area (Å²) in [7, 11) is 0. The molecule has 0 saturated heterocycles. The number of hydrogen-bond donors (Lipinski definition) is 0. The van der Waals surface area contributed by atoms with Gasteiger partial charge < -0.3 is 4.90 Å². The third kappa shape index (κ3) is 3.55. The van der Waals surface area contributed by atoms with Crippen LogP contribution in [0.5, 0.6) is 0 Å². The van der Waals surface area contributed by atoms with Crippen LogP contribution in [0.4, 0.5) is 11.4 Å². The molecule has 5 aliphatic carbocycles. The predicted octanol–water partition coefficient (Wildman–Crippen LogP) is 12.3. The van der Waals surface area contributed by atoms with E-state index in [0.29, 0.717) is 5.92 Å². The van der Waals surface area contributed by atoms with Gasteiger partial charge in [0.15, 0.2) is 0 Å². The van der Waals surface area contributed by atoms with Crippen LogP contribution >= 0.6 is 0 Å². The van der Waals surface area contributed by atoms with Crippen LogP contribution in [0.15, 0.2) is 151 Å². The van der Waals surface area contributed by atoms with Crippen molar-refractivity contribution in [3.05, 3.63) is 185 Å². The van der Waals surface area contributed by atoms with E-state index in [0.717, 1.165) is 19.3 Å². The van der Waals surface area contributed by atoms with Crippen molar-refractivity contribution in [1.82, 2.24) is 0 Å². The molecule has 1 spiro atoms. The molecule has 0 N–H and O–H groups in total. The van der Waals surface area contributed by atoms with Gasteiger partial charge in [-0.1, -0.05) is 128 Å². The van der Waals surface area contributed by atoms with Crippen LogP contribution in [0.1, 0.15) is 53.1 Å². The second kappa shape index (κ2) is 9.94. The van der Waals surface area contributed by atoms with Crippen LogP contribution in [0.3, 0.4) is 0 Å². The molecule has 49 heavy (non-hydrogen) atoms. The molecule has 0 amide bonds. The lowest BCUT2D eigenvalue weighted by Crippen LogP contribution is -2.24. The molecule has 2 atom stereocenters. The van der Waals surface area contributed by atoms with Gasteiger partial charge in [-0.05, 0) is 133 Å². The Labute approximate surface area is 288 Å². The summed E-state index contributed by atoms with van der Waals surface area (Å²) in [6.07, 6.45) is 15.0. The fraction of sp³-hybridized carbons (Fsp3) is 0.125. The Hall–Kier alpha value is -5.66. The average Bonchev–Trinajstić information content (AvgIpc) is 3.74. The summed E-state index contributed by atoms with van der Waals surface area (Å²) in [5.74, 6) is 0.476. The molecule has 11 rings (SSSR count). The second-order valence-corrected chi connectivity index (χ2v) is 14.4. The Morgan fingerprint density at radius 1 is 0.571 bits per heavy atom. The van der Waals surface area contributed by atoms with Gasteiger partial charge in [0.25, 0.3) is 0 Å². The number of anilines is 2. The number of hydrogen-bond acceptors (Lipinski definition) is 1. The first-order chi connectivity index (χ1) is 24.2. The van der Waals surface area contributed by atoms with E-state index in [9.17, 15) is 0 Å². The summed E-state index contributed by atoms with van der Waals surface area (Å²) in [6.45, 7) is 2.33. The topological polar surface area (TPSA) is 3.24 Å². The van der Waals surface area contributed by atoms with Gasteiger partial charge in [-0.15, -0.1) is 0 Å². The first-order valence-electron chi connectivity index (χ1n) is 17.8. The van der Waals surface area contributed by atoms with Crippen molar-refractivity contribution >= 4 is 17.5 Å². The van der Waals surface area contributed by atoms with Crippen LogP contribution < -0.4 is 4.90 Å². The fourth-order valence-electron chi connectivity index (χ4n) is 9.86.